The highest BCUT2D eigenvalue weighted by Crippen LogP contribution is 2.24. The van der Waals surface area contributed by atoms with Gasteiger partial charge in [0.1, 0.15) is 5.75 Å². The fraction of sp³-hybridized carbons (Fsp3) is 0.571. The Labute approximate surface area is 117 Å². The topological polar surface area (TPSA) is 30.5 Å². The van der Waals surface area contributed by atoms with Crippen molar-refractivity contribution in [2.75, 3.05) is 27.3 Å². The second-order valence-corrected chi connectivity index (χ2v) is 4.41. The van der Waals surface area contributed by atoms with Crippen LogP contribution in [0.2, 0.25) is 0 Å². The number of rotatable bonds is 8. The number of hydrogen-bond donors (Lipinski definition) is 1. The SMILES string of the molecule is CNCC(OCCCC(F)(F)F)c1cccc(OC)c1. The maximum absolute atomic E-state index is 12.1. The third kappa shape index (κ3) is 6.25. The van der Waals surface area contributed by atoms with Gasteiger partial charge in [-0.2, -0.15) is 13.2 Å². The number of methoxy groups -OCH3 is 1. The molecule has 1 aromatic carbocycles. The Hall–Kier alpha value is -1.27. The van der Waals surface area contributed by atoms with E-state index in [1.54, 1.807) is 14.2 Å². The van der Waals surface area contributed by atoms with E-state index in [0.717, 1.165) is 5.56 Å². The average molecular weight is 291 g/mol. The summed E-state index contributed by atoms with van der Waals surface area (Å²) in [5.41, 5.74) is 0.880. The number of hydrogen-bond acceptors (Lipinski definition) is 3. The largest absolute Gasteiger partial charge is 0.497 e. The summed E-state index contributed by atoms with van der Waals surface area (Å²) in [5.74, 6) is 0.697. The fourth-order valence-corrected chi connectivity index (χ4v) is 1.80. The van der Waals surface area contributed by atoms with Gasteiger partial charge in [0.05, 0.1) is 13.2 Å². The first-order valence-electron chi connectivity index (χ1n) is 6.43. The maximum atomic E-state index is 12.1. The van der Waals surface area contributed by atoms with Crippen LogP contribution in [0.1, 0.15) is 24.5 Å². The molecule has 1 rings (SSSR count). The lowest BCUT2D eigenvalue weighted by molar-refractivity contribution is -0.138. The van der Waals surface area contributed by atoms with Crippen molar-refractivity contribution in [2.24, 2.45) is 0 Å². The molecule has 1 atom stereocenters. The van der Waals surface area contributed by atoms with Gasteiger partial charge in [0.2, 0.25) is 0 Å². The fourth-order valence-electron chi connectivity index (χ4n) is 1.80. The van der Waals surface area contributed by atoms with Crippen molar-refractivity contribution < 1.29 is 22.6 Å². The molecule has 0 amide bonds. The van der Waals surface area contributed by atoms with Crippen LogP contribution in [0.3, 0.4) is 0 Å². The van der Waals surface area contributed by atoms with Crippen LogP contribution in [-0.4, -0.2) is 33.5 Å². The van der Waals surface area contributed by atoms with Crippen molar-refractivity contribution in [3.8, 4) is 5.75 Å². The number of halogens is 3. The van der Waals surface area contributed by atoms with E-state index < -0.39 is 12.6 Å². The van der Waals surface area contributed by atoms with Crippen molar-refractivity contribution in [2.45, 2.75) is 25.1 Å². The molecule has 1 N–H and O–H groups in total. The predicted molar refractivity (Wildman–Crippen MR) is 70.9 cm³/mol. The number of likely N-dealkylation sites (N-methyl/N-ethyl adjacent to an activating group) is 1. The van der Waals surface area contributed by atoms with Crippen LogP contribution in [0, 0.1) is 0 Å². The zero-order chi connectivity index (χ0) is 15.0. The number of nitrogens with one attached hydrogen (secondary N) is 1. The predicted octanol–water partition coefficient (Wildman–Crippen LogP) is 3.31. The highest BCUT2D eigenvalue weighted by atomic mass is 19.4. The van der Waals surface area contributed by atoms with Crippen LogP contribution in [0.25, 0.3) is 0 Å². The van der Waals surface area contributed by atoms with Crippen molar-refractivity contribution in [3.63, 3.8) is 0 Å². The van der Waals surface area contributed by atoms with Crippen LogP contribution in [-0.2, 0) is 4.74 Å². The number of benzene rings is 1. The molecule has 0 aliphatic rings. The molecule has 0 aliphatic heterocycles. The van der Waals surface area contributed by atoms with Gasteiger partial charge in [0, 0.05) is 19.6 Å². The van der Waals surface area contributed by atoms with Crippen LogP contribution in [0.5, 0.6) is 5.75 Å². The van der Waals surface area contributed by atoms with Gasteiger partial charge in [0.25, 0.3) is 0 Å². The van der Waals surface area contributed by atoms with Crippen molar-refractivity contribution in [1.29, 1.82) is 0 Å². The number of ether oxygens (including phenoxy) is 2. The summed E-state index contributed by atoms with van der Waals surface area (Å²) >= 11 is 0. The molecule has 0 fully saturated rings. The molecule has 3 nitrogen and oxygen atoms in total. The summed E-state index contributed by atoms with van der Waals surface area (Å²) in [6.45, 7) is 0.599. The molecule has 20 heavy (non-hydrogen) atoms. The van der Waals surface area contributed by atoms with Gasteiger partial charge in [-0.15, -0.1) is 0 Å². The lowest BCUT2D eigenvalue weighted by atomic mass is 10.1. The van der Waals surface area contributed by atoms with Gasteiger partial charge in [-0.1, -0.05) is 12.1 Å². The van der Waals surface area contributed by atoms with Gasteiger partial charge < -0.3 is 14.8 Å². The Morgan fingerprint density at radius 2 is 2.05 bits per heavy atom. The van der Waals surface area contributed by atoms with Crippen molar-refractivity contribution in [3.05, 3.63) is 29.8 Å². The van der Waals surface area contributed by atoms with E-state index in [2.05, 4.69) is 5.32 Å². The molecule has 1 unspecified atom stereocenters. The molecular weight excluding hydrogens is 271 g/mol. The quantitative estimate of drug-likeness (QED) is 0.745. The summed E-state index contributed by atoms with van der Waals surface area (Å²) in [5, 5.41) is 2.97. The molecule has 0 bridgehead atoms. The van der Waals surface area contributed by atoms with Gasteiger partial charge in [-0.3, -0.25) is 0 Å². The smallest absolute Gasteiger partial charge is 0.389 e. The Bertz CT molecular complexity index is 396. The highest BCUT2D eigenvalue weighted by molar-refractivity contribution is 5.30. The zero-order valence-corrected chi connectivity index (χ0v) is 11.7. The molecule has 0 saturated carbocycles. The minimum absolute atomic E-state index is 0.0340. The molecular formula is C14H20F3NO2. The average Bonchev–Trinajstić information content (AvgIpc) is 2.41. The molecule has 0 aliphatic carbocycles. The normalized spacial score (nSPS) is 13.2. The lowest BCUT2D eigenvalue weighted by Crippen LogP contribution is -2.20. The maximum Gasteiger partial charge on any atom is 0.389 e. The van der Waals surface area contributed by atoms with Gasteiger partial charge in [0.15, 0.2) is 0 Å². The Morgan fingerprint density at radius 3 is 2.65 bits per heavy atom. The molecule has 0 aromatic heterocycles. The van der Waals surface area contributed by atoms with Gasteiger partial charge in [-0.05, 0) is 31.2 Å². The Morgan fingerprint density at radius 1 is 1.30 bits per heavy atom. The summed E-state index contributed by atoms with van der Waals surface area (Å²) < 4.78 is 46.9. The minimum Gasteiger partial charge on any atom is -0.497 e. The standard InChI is InChI=1S/C14H20F3NO2/c1-18-10-13(20-8-4-7-14(15,16)17)11-5-3-6-12(9-11)19-2/h3,5-6,9,13,18H,4,7-8,10H2,1-2H3. The van der Waals surface area contributed by atoms with E-state index in [9.17, 15) is 13.2 Å². The van der Waals surface area contributed by atoms with E-state index in [1.807, 2.05) is 24.3 Å². The third-order valence-corrected chi connectivity index (χ3v) is 2.78. The van der Waals surface area contributed by atoms with Crippen LogP contribution in [0.4, 0.5) is 13.2 Å². The van der Waals surface area contributed by atoms with E-state index in [1.165, 1.54) is 0 Å². The van der Waals surface area contributed by atoms with Crippen molar-refractivity contribution in [1.82, 2.24) is 5.32 Å². The molecule has 114 valence electrons. The van der Waals surface area contributed by atoms with Gasteiger partial charge >= 0.3 is 6.18 Å². The Balaban J connectivity index is 2.55. The first-order chi connectivity index (χ1) is 9.46. The summed E-state index contributed by atoms with van der Waals surface area (Å²) in [6, 6.07) is 7.33. The van der Waals surface area contributed by atoms with Crippen LogP contribution in [0.15, 0.2) is 24.3 Å². The van der Waals surface area contributed by atoms with E-state index >= 15 is 0 Å². The second kappa shape index (κ2) is 8.11. The monoisotopic (exact) mass is 291 g/mol. The van der Waals surface area contributed by atoms with Crippen LogP contribution < -0.4 is 10.1 Å². The van der Waals surface area contributed by atoms with E-state index in [0.29, 0.717) is 12.3 Å². The second-order valence-electron chi connectivity index (χ2n) is 4.41. The summed E-state index contributed by atoms with van der Waals surface area (Å²) in [6.07, 6.45) is -5.27. The minimum atomic E-state index is -4.13. The molecule has 0 spiro atoms. The summed E-state index contributed by atoms with van der Waals surface area (Å²) in [7, 11) is 3.34. The first kappa shape index (κ1) is 16.8. The molecule has 6 heteroatoms. The molecule has 0 saturated heterocycles. The van der Waals surface area contributed by atoms with E-state index in [-0.39, 0.29) is 19.1 Å². The molecule has 1 aromatic rings. The van der Waals surface area contributed by atoms with Gasteiger partial charge in [-0.25, -0.2) is 0 Å². The zero-order valence-electron chi connectivity index (χ0n) is 11.7. The molecule has 0 radical (unpaired) electrons. The Kier molecular flexibility index (Phi) is 6.81. The molecule has 0 heterocycles. The third-order valence-electron chi connectivity index (χ3n) is 2.78. The summed E-state index contributed by atoms with van der Waals surface area (Å²) in [4.78, 5) is 0. The first-order valence-corrected chi connectivity index (χ1v) is 6.43. The van der Waals surface area contributed by atoms with Crippen molar-refractivity contribution >= 4 is 0 Å². The number of alkyl halides is 3. The van der Waals surface area contributed by atoms with Crippen LogP contribution >= 0.6 is 0 Å². The highest BCUT2D eigenvalue weighted by Gasteiger charge is 2.26. The van der Waals surface area contributed by atoms with E-state index in [4.69, 9.17) is 9.47 Å². The lowest BCUT2D eigenvalue weighted by Gasteiger charge is -2.19.